The quantitative estimate of drug-likeness (QED) is 0.442. The minimum Gasteiger partial charge on any atom is -0.495 e. The van der Waals surface area contributed by atoms with Gasteiger partial charge in [0.25, 0.3) is 0 Å². The number of nitrogens with zero attached hydrogens (tertiary/aromatic N) is 4. The first-order valence-electron chi connectivity index (χ1n) is 12.2. The number of imidazole rings is 1. The van der Waals surface area contributed by atoms with Gasteiger partial charge in [-0.15, -0.1) is 0 Å². The van der Waals surface area contributed by atoms with Gasteiger partial charge in [-0.1, -0.05) is 17.3 Å². The third-order valence-electron chi connectivity index (χ3n) is 7.11. The van der Waals surface area contributed by atoms with Crippen molar-refractivity contribution in [3.05, 3.63) is 83.0 Å². The molecule has 37 heavy (non-hydrogen) atoms. The number of ether oxygens (including phenoxy) is 2. The molecule has 2 unspecified atom stereocenters. The summed E-state index contributed by atoms with van der Waals surface area (Å²) < 4.78 is 41.5. The van der Waals surface area contributed by atoms with Crippen LogP contribution in [0.15, 0.2) is 59.7 Å². The molecule has 2 saturated heterocycles. The summed E-state index contributed by atoms with van der Waals surface area (Å²) in [5, 5.41) is 4.42. The number of hydrogen-bond acceptors (Lipinski definition) is 5. The molecule has 2 atom stereocenters. The molecular formula is C28H30F2N4O3. The molecule has 0 amide bonds. The minimum atomic E-state index is -0.890. The summed E-state index contributed by atoms with van der Waals surface area (Å²) in [6, 6.07) is 10.00. The van der Waals surface area contributed by atoms with Crippen molar-refractivity contribution in [1.29, 1.82) is 0 Å². The maximum Gasteiger partial charge on any atom is 0.172 e. The van der Waals surface area contributed by atoms with E-state index in [-0.39, 0.29) is 6.04 Å². The second kappa shape index (κ2) is 9.97. The van der Waals surface area contributed by atoms with Crippen LogP contribution in [0.3, 0.4) is 0 Å². The molecule has 0 saturated carbocycles. The van der Waals surface area contributed by atoms with E-state index in [2.05, 4.69) is 21.1 Å². The average molecular weight is 509 g/mol. The van der Waals surface area contributed by atoms with Gasteiger partial charge in [0.05, 0.1) is 49.6 Å². The molecular weight excluding hydrogens is 478 g/mol. The van der Waals surface area contributed by atoms with Gasteiger partial charge in [-0.2, -0.15) is 0 Å². The van der Waals surface area contributed by atoms with Crippen LogP contribution in [0.1, 0.15) is 36.6 Å². The number of aryl methyl sites for hydroxylation is 1. The Labute approximate surface area is 215 Å². The van der Waals surface area contributed by atoms with Crippen LogP contribution in [0.5, 0.6) is 5.75 Å². The van der Waals surface area contributed by atoms with E-state index in [1.165, 1.54) is 13.2 Å². The second-order valence-corrected chi connectivity index (χ2v) is 9.60. The molecule has 2 aromatic carbocycles. The highest BCUT2D eigenvalue weighted by molar-refractivity contribution is 6.03. The molecule has 7 nitrogen and oxygen atoms in total. The molecule has 3 aromatic rings. The molecule has 9 heteroatoms. The van der Waals surface area contributed by atoms with E-state index >= 15 is 0 Å². The Bertz CT molecular complexity index is 1370. The summed E-state index contributed by atoms with van der Waals surface area (Å²) in [5.74, 6) is -0.403. The monoisotopic (exact) mass is 508 g/mol. The van der Waals surface area contributed by atoms with Crippen molar-refractivity contribution in [2.75, 3.05) is 27.4 Å². The lowest BCUT2D eigenvalue weighted by Crippen LogP contribution is -2.62. The average Bonchev–Trinajstić information content (AvgIpc) is 3.33. The lowest BCUT2D eigenvalue weighted by molar-refractivity contribution is -0.0707. The summed E-state index contributed by atoms with van der Waals surface area (Å²) >= 11 is 0. The molecule has 2 aliphatic rings. The number of hydrogen-bond donors (Lipinski definition) is 0. The van der Waals surface area contributed by atoms with E-state index < -0.39 is 17.2 Å². The highest BCUT2D eigenvalue weighted by Gasteiger charge is 2.47. The number of rotatable bonds is 5. The zero-order valence-electron chi connectivity index (χ0n) is 21.4. The first-order chi connectivity index (χ1) is 17.8. The summed E-state index contributed by atoms with van der Waals surface area (Å²) in [4.78, 5) is 11.7. The minimum absolute atomic E-state index is 0.0132. The Kier molecular flexibility index (Phi) is 6.72. The zero-order chi connectivity index (χ0) is 26.2. The Morgan fingerprint density at radius 2 is 2.00 bits per heavy atom. The van der Waals surface area contributed by atoms with E-state index in [9.17, 15) is 8.78 Å². The number of piperidine rings is 1. The van der Waals surface area contributed by atoms with Crippen molar-refractivity contribution in [2.24, 2.45) is 5.16 Å². The molecule has 0 N–H and O–H groups in total. The zero-order valence-corrected chi connectivity index (χ0v) is 21.4. The van der Waals surface area contributed by atoms with Crippen LogP contribution in [-0.2, 0) is 15.1 Å². The van der Waals surface area contributed by atoms with E-state index in [0.717, 1.165) is 41.4 Å². The van der Waals surface area contributed by atoms with Crippen molar-refractivity contribution in [3.63, 3.8) is 0 Å². The first-order valence-corrected chi connectivity index (χ1v) is 12.2. The number of oxime groups is 1. The predicted octanol–water partition coefficient (Wildman–Crippen LogP) is 5.22. The summed E-state index contributed by atoms with van der Waals surface area (Å²) in [5.41, 5.74) is 3.57. The fraction of sp³-hybridized carbons (Fsp3) is 0.357. The van der Waals surface area contributed by atoms with Crippen molar-refractivity contribution in [1.82, 2.24) is 14.5 Å². The van der Waals surface area contributed by atoms with Gasteiger partial charge in [-0.25, -0.2) is 13.8 Å². The number of fused-ring (bicyclic) bond motifs is 1. The van der Waals surface area contributed by atoms with Gasteiger partial charge in [-0.05, 0) is 73.7 Å². The Hall–Kier alpha value is -3.72. The second-order valence-electron chi connectivity index (χ2n) is 9.60. The molecule has 0 aliphatic carbocycles. The van der Waals surface area contributed by atoms with E-state index in [0.29, 0.717) is 30.4 Å². The fourth-order valence-electron chi connectivity index (χ4n) is 5.28. The lowest BCUT2D eigenvalue weighted by Gasteiger charge is -2.53. The number of benzene rings is 2. The summed E-state index contributed by atoms with van der Waals surface area (Å²) in [6.07, 6.45) is 7.34. The third kappa shape index (κ3) is 4.59. The van der Waals surface area contributed by atoms with Crippen molar-refractivity contribution in [3.8, 4) is 11.4 Å². The van der Waals surface area contributed by atoms with Gasteiger partial charge in [-0.3, -0.25) is 0 Å². The largest absolute Gasteiger partial charge is 0.495 e. The van der Waals surface area contributed by atoms with Crippen molar-refractivity contribution < 1.29 is 23.1 Å². The van der Waals surface area contributed by atoms with Gasteiger partial charge in [0.2, 0.25) is 0 Å². The van der Waals surface area contributed by atoms with E-state index in [1.54, 1.807) is 19.5 Å². The molecule has 194 valence electrons. The molecule has 5 rings (SSSR count). The van der Waals surface area contributed by atoms with E-state index in [4.69, 9.17) is 14.3 Å². The van der Waals surface area contributed by atoms with Crippen LogP contribution in [0.2, 0.25) is 0 Å². The number of aromatic nitrogens is 2. The molecule has 0 bridgehead atoms. The number of halogens is 2. The fourth-order valence-corrected chi connectivity index (χ4v) is 5.28. The van der Waals surface area contributed by atoms with Crippen LogP contribution < -0.4 is 4.74 Å². The SMILES string of the molecule is CON=C1C(=Cc2ccc(-n3cnc(C)c3)c(OC)c2)CCC2COCC(C)(c3ccc(F)c(F)c3)N12. The van der Waals surface area contributed by atoms with Crippen LogP contribution in [0.4, 0.5) is 8.78 Å². The number of amidine groups is 1. The van der Waals surface area contributed by atoms with Crippen molar-refractivity contribution in [2.45, 2.75) is 38.3 Å². The predicted molar refractivity (Wildman–Crippen MR) is 137 cm³/mol. The maximum absolute atomic E-state index is 14.2. The maximum atomic E-state index is 14.2. The Morgan fingerprint density at radius 3 is 2.70 bits per heavy atom. The molecule has 3 heterocycles. The van der Waals surface area contributed by atoms with Crippen LogP contribution in [-0.4, -0.2) is 53.8 Å². The number of morpholine rings is 1. The molecule has 0 radical (unpaired) electrons. The van der Waals surface area contributed by atoms with Gasteiger partial charge in [0.1, 0.15) is 12.9 Å². The smallest absolute Gasteiger partial charge is 0.172 e. The van der Waals surface area contributed by atoms with Gasteiger partial charge >= 0.3 is 0 Å². The van der Waals surface area contributed by atoms with E-state index in [1.807, 2.05) is 42.8 Å². The normalized spacial score (nSPS) is 23.8. The highest BCUT2D eigenvalue weighted by Crippen LogP contribution is 2.41. The first kappa shape index (κ1) is 25.0. The third-order valence-corrected chi connectivity index (χ3v) is 7.11. The number of methoxy groups -OCH3 is 1. The van der Waals surface area contributed by atoms with Gasteiger partial charge in [0.15, 0.2) is 17.5 Å². The Morgan fingerprint density at radius 1 is 1.16 bits per heavy atom. The van der Waals surface area contributed by atoms with Crippen LogP contribution >= 0.6 is 0 Å². The summed E-state index contributed by atoms with van der Waals surface area (Å²) in [7, 11) is 3.15. The van der Waals surface area contributed by atoms with Crippen LogP contribution in [0, 0.1) is 18.6 Å². The van der Waals surface area contributed by atoms with Crippen molar-refractivity contribution >= 4 is 11.9 Å². The lowest BCUT2D eigenvalue weighted by atomic mass is 9.83. The topological polar surface area (TPSA) is 61.1 Å². The molecule has 0 spiro atoms. The molecule has 2 aliphatic heterocycles. The van der Waals surface area contributed by atoms with Gasteiger partial charge in [0, 0.05) is 6.20 Å². The standard InChI is InChI=1S/C28H30F2N4O3/c1-18-14-33(17-31-18)25-10-5-19(12-26(25)35-3)11-20-6-8-22-15-37-16-28(2,34(22)27(20)32-36-4)21-7-9-23(29)24(30)13-21/h5,7,9-14,17,22H,6,8,15-16H2,1-4H3. The highest BCUT2D eigenvalue weighted by atomic mass is 19.2. The van der Waals surface area contributed by atoms with Crippen LogP contribution in [0.25, 0.3) is 11.8 Å². The Balaban J connectivity index is 1.55. The van der Waals surface area contributed by atoms with Gasteiger partial charge < -0.3 is 23.8 Å². The molecule has 1 aromatic heterocycles. The summed E-state index contributed by atoms with van der Waals surface area (Å²) in [6.45, 7) is 4.72. The molecule has 2 fully saturated rings.